The Morgan fingerprint density at radius 3 is 2.41 bits per heavy atom. The van der Waals surface area contributed by atoms with Crippen LogP contribution in [-0.4, -0.2) is 48.4 Å². The van der Waals surface area contributed by atoms with Crippen LogP contribution in [0.15, 0.2) is 42.5 Å². The van der Waals surface area contributed by atoms with Crippen LogP contribution in [0.2, 0.25) is 0 Å². The molecule has 1 heterocycles. The van der Waals surface area contributed by atoms with Crippen molar-refractivity contribution in [3.63, 3.8) is 0 Å². The summed E-state index contributed by atoms with van der Waals surface area (Å²) in [5.74, 6) is -0.798. The second-order valence-electron chi connectivity index (χ2n) is 9.67. The van der Waals surface area contributed by atoms with Crippen molar-refractivity contribution in [2.45, 2.75) is 52.0 Å². The number of hydrogen-bond acceptors (Lipinski definition) is 4. The highest BCUT2D eigenvalue weighted by Gasteiger charge is 2.24. The Morgan fingerprint density at radius 1 is 1.09 bits per heavy atom. The van der Waals surface area contributed by atoms with Gasteiger partial charge in [-0.25, -0.2) is 4.79 Å². The number of rotatable bonds is 6. The Hall–Kier alpha value is -3.55. The summed E-state index contributed by atoms with van der Waals surface area (Å²) in [6.45, 7) is 10.0. The van der Waals surface area contributed by atoms with E-state index in [1.165, 1.54) is 0 Å². The fourth-order valence-electron chi connectivity index (χ4n) is 4.04. The van der Waals surface area contributed by atoms with Gasteiger partial charge in [-0.15, -0.1) is 0 Å². The summed E-state index contributed by atoms with van der Waals surface area (Å²) in [6.07, 6.45) is 1.70. The Bertz CT molecular complexity index is 1040. The summed E-state index contributed by atoms with van der Waals surface area (Å²) in [4.78, 5) is 38.8. The summed E-state index contributed by atoms with van der Waals surface area (Å²) >= 11 is 0. The van der Waals surface area contributed by atoms with E-state index < -0.39 is 5.91 Å². The van der Waals surface area contributed by atoms with Gasteiger partial charge in [-0.3, -0.25) is 9.59 Å². The number of carbonyl (C=O) groups excluding carboxylic acids is 3. The van der Waals surface area contributed by atoms with Gasteiger partial charge in [0.2, 0.25) is 0 Å². The predicted octanol–water partition coefficient (Wildman–Crippen LogP) is 3.94. The summed E-state index contributed by atoms with van der Waals surface area (Å²) in [6, 6.07) is 12.4. The Labute approximate surface area is 201 Å². The first-order valence-electron chi connectivity index (χ1n) is 11.7. The molecule has 4 amide bonds. The lowest BCUT2D eigenvalue weighted by molar-refractivity contribution is 0.0998. The van der Waals surface area contributed by atoms with Crippen molar-refractivity contribution < 1.29 is 14.4 Å². The molecule has 182 valence electrons. The number of piperidine rings is 1. The number of anilines is 2. The van der Waals surface area contributed by atoms with Crippen LogP contribution in [0.3, 0.4) is 0 Å². The van der Waals surface area contributed by atoms with Gasteiger partial charge < -0.3 is 26.6 Å². The zero-order valence-corrected chi connectivity index (χ0v) is 20.4. The topological polar surface area (TPSA) is 117 Å². The molecule has 8 nitrogen and oxygen atoms in total. The largest absolute Gasteiger partial charge is 0.380 e. The highest BCUT2D eigenvalue weighted by molar-refractivity contribution is 6.05. The van der Waals surface area contributed by atoms with E-state index in [1.807, 2.05) is 31.2 Å². The molecule has 0 radical (unpaired) electrons. The molecule has 1 aliphatic heterocycles. The average Bonchev–Trinajstić information content (AvgIpc) is 2.79. The predicted molar refractivity (Wildman–Crippen MR) is 135 cm³/mol. The van der Waals surface area contributed by atoms with Gasteiger partial charge in [-0.1, -0.05) is 32.9 Å². The van der Waals surface area contributed by atoms with Gasteiger partial charge in [0.25, 0.3) is 11.8 Å². The zero-order valence-electron chi connectivity index (χ0n) is 20.4. The van der Waals surface area contributed by atoms with Gasteiger partial charge in [0.05, 0.1) is 5.56 Å². The minimum absolute atomic E-state index is 0.00603. The Kier molecular flexibility index (Phi) is 7.81. The minimum Gasteiger partial charge on any atom is -0.380 e. The lowest BCUT2D eigenvalue weighted by Crippen LogP contribution is -2.49. The first kappa shape index (κ1) is 25.1. The van der Waals surface area contributed by atoms with E-state index in [0.29, 0.717) is 42.1 Å². The second-order valence-corrected chi connectivity index (χ2v) is 9.67. The molecule has 5 N–H and O–H groups in total. The van der Waals surface area contributed by atoms with Crippen LogP contribution in [-0.2, 0) is 5.41 Å². The number of carbonyl (C=O) groups is 3. The average molecular weight is 466 g/mol. The van der Waals surface area contributed by atoms with Gasteiger partial charge in [0.15, 0.2) is 0 Å². The van der Waals surface area contributed by atoms with E-state index in [4.69, 9.17) is 5.73 Å². The number of urea groups is 1. The molecule has 0 spiro atoms. The molecular formula is C26H35N5O3. The molecule has 0 aromatic heterocycles. The van der Waals surface area contributed by atoms with Gasteiger partial charge in [-0.05, 0) is 61.1 Å². The number of nitrogens with one attached hydrogen (secondary N) is 3. The summed E-state index contributed by atoms with van der Waals surface area (Å²) < 4.78 is 0. The first-order valence-corrected chi connectivity index (χ1v) is 11.7. The Balaban J connectivity index is 1.75. The van der Waals surface area contributed by atoms with E-state index >= 15 is 0 Å². The third kappa shape index (κ3) is 6.27. The van der Waals surface area contributed by atoms with Gasteiger partial charge >= 0.3 is 6.03 Å². The normalized spacial score (nSPS) is 16.0. The Morgan fingerprint density at radius 2 is 1.79 bits per heavy atom. The molecule has 1 aliphatic rings. The van der Waals surface area contributed by atoms with E-state index in [2.05, 4.69) is 36.7 Å². The summed E-state index contributed by atoms with van der Waals surface area (Å²) in [7, 11) is 0. The smallest absolute Gasteiger partial charge is 0.317 e. The molecule has 2 aromatic rings. The number of nitrogens with zero attached hydrogens (tertiary/aromatic N) is 1. The summed E-state index contributed by atoms with van der Waals surface area (Å²) in [5, 5.41) is 9.08. The van der Waals surface area contributed by atoms with E-state index in [0.717, 1.165) is 18.4 Å². The van der Waals surface area contributed by atoms with Gasteiger partial charge in [0, 0.05) is 42.6 Å². The fourth-order valence-corrected chi connectivity index (χ4v) is 4.04. The SMILES string of the molecule is CCNC(=O)N1CCCC(Nc2cc(NC(=O)c3ccc(C(C)(C)C)cc3)ccc2C(N)=O)C1. The van der Waals surface area contributed by atoms with Crippen molar-refractivity contribution in [1.29, 1.82) is 0 Å². The lowest BCUT2D eigenvalue weighted by atomic mass is 9.87. The molecule has 0 aliphatic carbocycles. The van der Waals surface area contributed by atoms with Crippen molar-refractivity contribution in [2.75, 3.05) is 30.3 Å². The van der Waals surface area contributed by atoms with Crippen LogP contribution in [0.5, 0.6) is 0 Å². The van der Waals surface area contributed by atoms with Crippen LogP contribution >= 0.6 is 0 Å². The number of primary amides is 1. The number of nitrogens with two attached hydrogens (primary N) is 1. The molecule has 1 atom stereocenters. The van der Waals surface area contributed by atoms with Crippen molar-refractivity contribution in [3.05, 3.63) is 59.2 Å². The molecule has 1 fully saturated rings. The molecule has 2 aromatic carbocycles. The van der Waals surface area contributed by atoms with Crippen LogP contribution in [0.4, 0.5) is 16.2 Å². The molecule has 8 heteroatoms. The van der Waals surface area contributed by atoms with Crippen molar-refractivity contribution in [1.82, 2.24) is 10.2 Å². The van der Waals surface area contributed by atoms with Crippen LogP contribution in [0.25, 0.3) is 0 Å². The third-order valence-electron chi connectivity index (χ3n) is 5.95. The number of likely N-dealkylation sites (tertiary alicyclic amines) is 1. The van der Waals surface area contributed by atoms with E-state index in [1.54, 1.807) is 23.1 Å². The maximum atomic E-state index is 12.8. The van der Waals surface area contributed by atoms with E-state index in [-0.39, 0.29) is 23.4 Å². The molecule has 1 saturated heterocycles. The molecule has 0 bridgehead atoms. The highest BCUT2D eigenvalue weighted by Crippen LogP contribution is 2.25. The maximum absolute atomic E-state index is 12.8. The third-order valence-corrected chi connectivity index (χ3v) is 5.95. The molecule has 0 saturated carbocycles. The number of amides is 4. The first-order chi connectivity index (χ1) is 16.1. The molecule has 1 unspecified atom stereocenters. The van der Waals surface area contributed by atoms with Gasteiger partial charge in [0.1, 0.15) is 0 Å². The van der Waals surface area contributed by atoms with Crippen LogP contribution < -0.4 is 21.7 Å². The number of hydrogen-bond donors (Lipinski definition) is 4. The number of benzene rings is 2. The second kappa shape index (κ2) is 10.6. The lowest BCUT2D eigenvalue weighted by Gasteiger charge is -2.34. The standard InChI is InChI=1S/C26H35N5O3/c1-5-28-25(34)31-14-6-7-20(16-31)29-22-15-19(12-13-21(22)23(27)32)30-24(33)17-8-10-18(11-9-17)26(2,3)4/h8-13,15,20,29H,5-7,14,16H2,1-4H3,(H2,27,32)(H,28,34)(H,30,33). The minimum atomic E-state index is -0.561. The molecular weight excluding hydrogens is 430 g/mol. The summed E-state index contributed by atoms with van der Waals surface area (Å²) in [5.41, 5.74) is 8.71. The maximum Gasteiger partial charge on any atom is 0.317 e. The van der Waals surface area contributed by atoms with Crippen molar-refractivity contribution in [2.24, 2.45) is 5.73 Å². The monoisotopic (exact) mass is 465 g/mol. The highest BCUT2D eigenvalue weighted by atomic mass is 16.2. The van der Waals surface area contributed by atoms with Crippen molar-refractivity contribution >= 4 is 29.2 Å². The van der Waals surface area contributed by atoms with Crippen LogP contribution in [0.1, 0.15) is 66.8 Å². The zero-order chi connectivity index (χ0) is 24.9. The van der Waals surface area contributed by atoms with Crippen molar-refractivity contribution in [3.8, 4) is 0 Å². The van der Waals surface area contributed by atoms with Crippen LogP contribution in [0, 0.1) is 0 Å². The molecule has 3 rings (SSSR count). The van der Waals surface area contributed by atoms with E-state index in [9.17, 15) is 14.4 Å². The van der Waals surface area contributed by atoms with Gasteiger partial charge in [-0.2, -0.15) is 0 Å². The molecule has 34 heavy (non-hydrogen) atoms. The fraction of sp³-hybridized carbons (Fsp3) is 0.423. The quantitative estimate of drug-likeness (QED) is 0.517.